The van der Waals surface area contributed by atoms with Crippen molar-refractivity contribution in [2.45, 2.75) is 30.9 Å². The molecule has 1 fully saturated rings. The van der Waals surface area contributed by atoms with Gasteiger partial charge in [0.25, 0.3) is 5.91 Å². The van der Waals surface area contributed by atoms with E-state index in [0.717, 1.165) is 24.2 Å². The van der Waals surface area contributed by atoms with Crippen LogP contribution in [0.4, 0.5) is 0 Å². The molecule has 0 aromatic heterocycles. The average Bonchev–Trinajstić information content (AvgIpc) is 2.66. The van der Waals surface area contributed by atoms with Gasteiger partial charge in [-0.05, 0) is 37.2 Å². The number of rotatable bonds is 4. The summed E-state index contributed by atoms with van der Waals surface area (Å²) in [6, 6.07) is 5.24. The van der Waals surface area contributed by atoms with Gasteiger partial charge in [-0.2, -0.15) is 0 Å². The van der Waals surface area contributed by atoms with Gasteiger partial charge < -0.3 is 9.64 Å². The number of carbonyl (C=O) groups is 1. The third-order valence-electron chi connectivity index (χ3n) is 4.97. The Kier molecular flexibility index (Phi) is 5.43. The summed E-state index contributed by atoms with van der Waals surface area (Å²) in [5, 5.41) is 0. The third-order valence-corrected chi connectivity index (χ3v) is 6.47. The Morgan fingerprint density at radius 3 is 2.88 bits per heavy atom. The van der Waals surface area contributed by atoms with Crippen molar-refractivity contribution < 1.29 is 17.9 Å². The predicted octanol–water partition coefficient (Wildman–Crippen LogP) is 0.200. The lowest BCUT2D eigenvalue weighted by atomic mass is 9.99. The Labute approximate surface area is 149 Å². The van der Waals surface area contributed by atoms with E-state index in [0.29, 0.717) is 37.6 Å². The second-order valence-electron chi connectivity index (χ2n) is 6.36. The van der Waals surface area contributed by atoms with E-state index in [1.807, 2.05) is 6.07 Å². The third kappa shape index (κ3) is 3.72. The topological polar surface area (TPSA) is 79.0 Å². The fourth-order valence-electron chi connectivity index (χ4n) is 3.47. The van der Waals surface area contributed by atoms with Gasteiger partial charge in [0.2, 0.25) is 10.0 Å². The summed E-state index contributed by atoms with van der Waals surface area (Å²) in [5.41, 5.74) is 1.69. The van der Waals surface area contributed by atoms with E-state index < -0.39 is 16.1 Å². The molecule has 1 unspecified atom stereocenters. The number of sulfonamides is 1. The Bertz CT molecular complexity index is 750. The molecule has 1 amide bonds. The van der Waals surface area contributed by atoms with E-state index in [4.69, 9.17) is 4.74 Å². The first-order chi connectivity index (χ1) is 12.0. The summed E-state index contributed by atoms with van der Waals surface area (Å²) in [6.07, 6.45) is 0.0991. The molecule has 1 aromatic rings. The number of nitrogens with one attached hydrogen (secondary N) is 1. The van der Waals surface area contributed by atoms with E-state index in [9.17, 15) is 13.2 Å². The van der Waals surface area contributed by atoms with Crippen molar-refractivity contribution in [1.82, 2.24) is 14.5 Å². The summed E-state index contributed by atoms with van der Waals surface area (Å²) < 4.78 is 32.4. The molecular formula is C17H25N3O4S. The van der Waals surface area contributed by atoms with Gasteiger partial charge in [0.1, 0.15) is 6.10 Å². The fraction of sp³-hybridized carbons (Fsp3) is 0.588. The molecular weight excluding hydrogens is 342 g/mol. The lowest BCUT2D eigenvalue weighted by Crippen LogP contribution is -2.51. The van der Waals surface area contributed by atoms with Crippen molar-refractivity contribution >= 4 is 15.9 Å². The highest BCUT2D eigenvalue weighted by Gasteiger charge is 2.32. The molecule has 1 saturated heterocycles. The Balaban J connectivity index is 1.78. The molecule has 1 N–H and O–H groups in total. The van der Waals surface area contributed by atoms with Gasteiger partial charge in [-0.1, -0.05) is 19.1 Å². The van der Waals surface area contributed by atoms with Crippen LogP contribution in [-0.4, -0.2) is 70.1 Å². The zero-order valence-corrected chi connectivity index (χ0v) is 15.5. The quantitative estimate of drug-likeness (QED) is 0.823. The van der Waals surface area contributed by atoms with Crippen LogP contribution in [0.5, 0.6) is 0 Å². The molecule has 0 saturated carbocycles. The summed E-state index contributed by atoms with van der Waals surface area (Å²) in [6.45, 7) is 5.96. The molecule has 1 atom stereocenters. The van der Waals surface area contributed by atoms with E-state index >= 15 is 0 Å². The smallest absolute Gasteiger partial charge is 0.253 e. The number of fused-ring (bicyclic) bond motifs is 1. The van der Waals surface area contributed by atoms with E-state index in [1.165, 1.54) is 7.05 Å². The van der Waals surface area contributed by atoms with Gasteiger partial charge in [-0.25, -0.2) is 13.1 Å². The molecule has 2 heterocycles. The first kappa shape index (κ1) is 18.3. The zero-order chi connectivity index (χ0) is 18.0. The Morgan fingerprint density at radius 1 is 1.36 bits per heavy atom. The summed E-state index contributed by atoms with van der Waals surface area (Å²) >= 11 is 0. The second kappa shape index (κ2) is 7.41. The SMILES string of the molecule is CCN1CCOC(C(=O)N2CCc3c(cccc3S(=O)(=O)NC)C2)C1. The van der Waals surface area contributed by atoms with Gasteiger partial charge >= 0.3 is 0 Å². The van der Waals surface area contributed by atoms with Gasteiger partial charge in [-0.3, -0.25) is 9.69 Å². The molecule has 2 aliphatic rings. The van der Waals surface area contributed by atoms with Crippen molar-refractivity contribution in [1.29, 1.82) is 0 Å². The maximum absolute atomic E-state index is 12.8. The minimum absolute atomic E-state index is 0.00863. The van der Waals surface area contributed by atoms with Crippen LogP contribution >= 0.6 is 0 Å². The first-order valence-electron chi connectivity index (χ1n) is 8.63. The number of carbonyl (C=O) groups excluding carboxylic acids is 1. The van der Waals surface area contributed by atoms with Gasteiger partial charge in [0.05, 0.1) is 11.5 Å². The maximum Gasteiger partial charge on any atom is 0.253 e. The van der Waals surface area contributed by atoms with E-state index in [-0.39, 0.29) is 5.91 Å². The fourth-order valence-corrected chi connectivity index (χ4v) is 4.50. The van der Waals surface area contributed by atoms with Crippen LogP contribution in [-0.2, 0) is 32.5 Å². The lowest BCUT2D eigenvalue weighted by molar-refractivity contribution is -0.150. The molecule has 0 bridgehead atoms. The summed E-state index contributed by atoms with van der Waals surface area (Å²) in [5.74, 6) is -0.00863. The van der Waals surface area contributed by atoms with E-state index in [1.54, 1.807) is 17.0 Å². The standard InChI is InChI=1S/C17H25N3O4S/c1-3-19-9-10-24-15(12-19)17(21)20-8-7-14-13(11-20)5-4-6-16(14)25(22,23)18-2/h4-6,15,18H,3,7-12H2,1-2H3. The number of morpholine rings is 1. The largest absolute Gasteiger partial charge is 0.366 e. The van der Waals surface area contributed by atoms with Crippen LogP contribution in [0, 0.1) is 0 Å². The van der Waals surface area contributed by atoms with Crippen molar-refractivity contribution in [2.24, 2.45) is 0 Å². The highest BCUT2D eigenvalue weighted by atomic mass is 32.2. The normalized spacial score (nSPS) is 21.8. The van der Waals surface area contributed by atoms with Crippen molar-refractivity contribution in [3.63, 3.8) is 0 Å². The van der Waals surface area contributed by atoms with Crippen molar-refractivity contribution in [3.05, 3.63) is 29.3 Å². The highest BCUT2D eigenvalue weighted by Crippen LogP contribution is 2.26. The van der Waals surface area contributed by atoms with Crippen LogP contribution in [0.1, 0.15) is 18.1 Å². The van der Waals surface area contributed by atoms with Crippen LogP contribution in [0.2, 0.25) is 0 Å². The zero-order valence-electron chi connectivity index (χ0n) is 14.7. The number of amides is 1. The minimum Gasteiger partial charge on any atom is -0.366 e. The first-order valence-corrected chi connectivity index (χ1v) is 10.1. The van der Waals surface area contributed by atoms with Crippen molar-refractivity contribution in [3.8, 4) is 0 Å². The number of benzene rings is 1. The van der Waals surface area contributed by atoms with Crippen LogP contribution in [0.25, 0.3) is 0 Å². The minimum atomic E-state index is -3.49. The number of hydrogen-bond acceptors (Lipinski definition) is 5. The average molecular weight is 367 g/mol. The molecule has 3 rings (SSSR count). The molecule has 138 valence electrons. The molecule has 7 nitrogen and oxygen atoms in total. The molecule has 0 radical (unpaired) electrons. The number of ether oxygens (including phenoxy) is 1. The van der Waals surface area contributed by atoms with Gasteiger partial charge in [-0.15, -0.1) is 0 Å². The number of nitrogens with zero attached hydrogens (tertiary/aromatic N) is 2. The van der Waals surface area contributed by atoms with Crippen LogP contribution in [0.15, 0.2) is 23.1 Å². The molecule has 25 heavy (non-hydrogen) atoms. The molecule has 2 aliphatic heterocycles. The Hall–Kier alpha value is -1.48. The number of likely N-dealkylation sites (N-methyl/N-ethyl adjacent to an activating group) is 1. The monoisotopic (exact) mass is 367 g/mol. The molecule has 8 heteroatoms. The lowest BCUT2D eigenvalue weighted by Gasteiger charge is -2.36. The van der Waals surface area contributed by atoms with Crippen LogP contribution in [0.3, 0.4) is 0 Å². The van der Waals surface area contributed by atoms with Gasteiger partial charge in [0.15, 0.2) is 0 Å². The van der Waals surface area contributed by atoms with Gasteiger partial charge in [0, 0.05) is 26.2 Å². The molecule has 0 aliphatic carbocycles. The van der Waals surface area contributed by atoms with Crippen LogP contribution < -0.4 is 4.72 Å². The maximum atomic E-state index is 12.8. The predicted molar refractivity (Wildman–Crippen MR) is 93.7 cm³/mol. The highest BCUT2D eigenvalue weighted by molar-refractivity contribution is 7.89. The van der Waals surface area contributed by atoms with E-state index in [2.05, 4.69) is 16.5 Å². The Morgan fingerprint density at radius 2 is 2.16 bits per heavy atom. The number of hydrogen-bond donors (Lipinski definition) is 1. The molecule has 1 aromatic carbocycles. The van der Waals surface area contributed by atoms with Crippen molar-refractivity contribution in [2.75, 3.05) is 39.8 Å². The second-order valence-corrected chi connectivity index (χ2v) is 8.22. The summed E-state index contributed by atoms with van der Waals surface area (Å²) in [4.78, 5) is 17.1. The summed E-state index contributed by atoms with van der Waals surface area (Å²) in [7, 11) is -2.08. The molecule has 0 spiro atoms.